The fraction of sp³-hybridized carbons (Fsp3) is 0.235. The molecule has 2 aromatic heterocycles. The zero-order chi connectivity index (χ0) is 18.1. The summed E-state index contributed by atoms with van der Waals surface area (Å²) in [4.78, 5) is 26.0. The van der Waals surface area contributed by atoms with Crippen LogP contribution in [0, 0.1) is 5.82 Å². The minimum atomic E-state index is -0.683. The molecule has 130 valence electrons. The number of benzene rings is 1. The Morgan fingerprint density at radius 1 is 1.40 bits per heavy atom. The summed E-state index contributed by atoms with van der Waals surface area (Å²) in [6, 6.07) is 6.44. The van der Waals surface area contributed by atoms with Gasteiger partial charge >= 0.3 is 5.76 Å². The van der Waals surface area contributed by atoms with Crippen molar-refractivity contribution in [3.8, 4) is 11.4 Å². The Bertz CT molecular complexity index is 984. The number of hydrogen-bond acceptors (Lipinski definition) is 4. The second-order valence-corrected chi connectivity index (χ2v) is 5.99. The lowest BCUT2D eigenvalue weighted by molar-refractivity contribution is 0.101. The zero-order valence-corrected chi connectivity index (χ0v) is 14.0. The molecule has 7 nitrogen and oxygen atoms in total. The van der Waals surface area contributed by atoms with Crippen molar-refractivity contribution >= 4 is 11.6 Å². The van der Waals surface area contributed by atoms with Gasteiger partial charge in [0, 0.05) is 18.8 Å². The van der Waals surface area contributed by atoms with Crippen LogP contribution >= 0.6 is 0 Å². The highest BCUT2D eigenvalue weighted by Crippen LogP contribution is 2.25. The van der Waals surface area contributed by atoms with Crippen LogP contribution in [0.4, 0.5) is 10.1 Å². The predicted molar refractivity (Wildman–Crippen MR) is 90.0 cm³/mol. The Morgan fingerprint density at radius 2 is 2.16 bits per heavy atom. The summed E-state index contributed by atoms with van der Waals surface area (Å²) in [6.45, 7) is 3.76. The smallest absolute Gasteiger partial charge is 0.346 e. The molecule has 8 heteroatoms. The summed E-state index contributed by atoms with van der Waals surface area (Å²) < 4.78 is 20.5. The number of aromatic amines is 1. The first-order valence-electron chi connectivity index (χ1n) is 7.69. The second kappa shape index (κ2) is 6.39. The van der Waals surface area contributed by atoms with Crippen LogP contribution in [0.15, 0.2) is 39.8 Å². The third kappa shape index (κ3) is 3.23. The van der Waals surface area contributed by atoms with Crippen molar-refractivity contribution in [1.29, 1.82) is 0 Å². The SMILES string of the molecule is CC(C)c1cccc(NC(=O)c2cc(-c3noc(=O)[nH]3)cn2C)c1F. The maximum Gasteiger partial charge on any atom is 0.439 e. The van der Waals surface area contributed by atoms with E-state index in [0.717, 1.165) is 0 Å². The first-order valence-corrected chi connectivity index (χ1v) is 7.69. The average Bonchev–Trinajstić information content (AvgIpc) is 3.15. The van der Waals surface area contributed by atoms with Crippen LogP contribution in [-0.4, -0.2) is 20.6 Å². The van der Waals surface area contributed by atoms with Crippen molar-refractivity contribution in [2.45, 2.75) is 19.8 Å². The van der Waals surface area contributed by atoms with Gasteiger partial charge in [-0.25, -0.2) is 9.18 Å². The molecular weight excluding hydrogens is 327 g/mol. The van der Waals surface area contributed by atoms with Gasteiger partial charge in [0.2, 0.25) is 0 Å². The van der Waals surface area contributed by atoms with Crippen molar-refractivity contribution in [2.75, 3.05) is 5.32 Å². The molecule has 1 aromatic carbocycles. The molecule has 0 saturated heterocycles. The van der Waals surface area contributed by atoms with E-state index in [-0.39, 0.29) is 23.1 Å². The summed E-state index contributed by atoms with van der Waals surface area (Å²) in [5.41, 5.74) is 1.45. The molecule has 3 rings (SSSR count). The van der Waals surface area contributed by atoms with Crippen LogP contribution in [0.2, 0.25) is 0 Å². The highest BCUT2D eigenvalue weighted by Gasteiger charge is 2.18. The summed E-state index contributed by atoms with van der Waals surface area (Å²) >= 11 is 0. The standard InChI is InChI=1S/C17H17FN4O3/c1-9(2)11-5-4-6-12(14(11)18)19-16(23)13-7-10(8-22(13)3)15-20-17(24)25-21-15/h4-9H,1-3H3,(H,19,23)(H,20,21,24). The molecule has 2 heterocycles. The van der Waals surface area contributed by atoms with E-state index in [0.29, 0.717) is 11.1 Å². The van der Waals surface area contributed by atoms with Gasteiger partial charge in [0.25, 0.3) is 5.91 Å². The third-order valence-electron chi connectivity index (χ3n) is 3.85. The van der Waals surface area contributed by atoms with Gasteiger partial charge in [0.05, 0.1) is 5.69 Å². The lowest BCUT2D eigenvalue weighted by Gasteiger charge is -2.12. The Kier molecular flexibility index (Phi) is 4.26. The molecule has 25 heavy (non-hydrogen) atoms. The number of aryl methyl sites for hydroxylation is 1. The van der Waals surface area contributed by atoms with Crippen molar-refractivity contribution in [3.63, 3.8) is 0 Å². The van der Waals surface area contributed by atoms with E-state index in [9.17, 15) is 14.0 Å². The van der Waals surface area contributed by atoms with Gasteiger partial charge in [0.15, 0.2) is 5.82 Å². The molecule has 0 spiro atoms. The number of H-pyrrole nitrogens is 1. The summed E-state index contributed by atoms with van der Waals surface area (Å²) in [7, 11) is 1.66. The van der Waals surface area contributed by atoms with Gasteiger partial charge in [0.1, 0.15) is 11.5 Å². The molecule has 0 aliphatic rings. The number of nitrogens with zero attached hydrogens (tertiary/aromatic N) is 2. The number of rotatable bonds is 4. The van der Waals surface area contributed by atoms with Gasteiger partial charge in [-0.05, 0) is 23.6 Å². The Labute approximate surface area is 142 Å². The molecule has 0 radical (unpaired) electrons. The van der Waals surface area contributed by atoms with Gasteiger partial charge < -0.3 is 9.88 Å². The van der Waals surface area contributed by atoms with E-state index in [2.05, 4.69) is 20.0 Å². The van der Waals surface area contributed by atoms with Crippen LogP contribution in [0.3, 0.4) is 0 Å². The van der Waals surface area contributed by atoms with Gasteiger partial charge in [-0.15, -0.1) is 0 Å². The molecule has 0 bridgehead atoms. The molecular formula is C17H17FN4O3. The second-order valence-electron chi connectivity index (χ2n) is 5.99. The Balaban J connectivity index is 1.89. The third-order valence-corrected chi connectivity index (χ3v) is 3.85. The summed E-state index contributed by atoms with van der Waals surface area (Å²) in [5, 5.41) is 6.16. The van der Waals surface area contributed by atoms with E-state index in [1.165, 1.54) is 12.1 Å². The Morgan fingerprint density at radius 3 is 2.80 bits per heavy atom. The minimum absolute atomic E-state index is 0.00230. The van der Waals surface area contributed by atoms with E-state index in [1.54, 1.807) is 29.9 Å². The number of halogens is 1. The number of nitrogens with one attached hydrogen (secondary N) is 2. The largest absolute Gasteiger partial charge is 0.439 e. The van der Waals surface area contributed by atoms with E-state index < -0.39 is 17.5 Å². The van der Waals surface area contributed by atoms with Crippen molar-refractivity contribution in [1.82, 2.24) is 14.7 Å². The van der Waals surface area contributed by atoms with Crippen molar-refractivity contribution in [2.24, 2.45) is 7.05 Å². The average molecular weight is 344 g/mol. The zero-order valence-electron chi connectivity index (χ0n) is 14.0. The molecule has 0 atom stereocenters. The van der Waals surface area contributed by atoms with Crippen LogP contribution in [0.5, 0.6) is 0 Å². The fourth-order valence-electron chi connectivity index (χ4n) is 2.55. The van der Waals surface area contributed by atoms with Crippen molar-refractivity contribution < 1.29 is 13.7 Å². The normalized spacial score (nSPS) is 11.1. The quantitative estimate of drug-likeness (QED) is 0.761. The first kappa shape index (κ1) is 16.7. The first-order chi connectivity index (χ1) is 11.9. The van der Waals surface area contributed by atoms with Crippen LogP contribution < -0.4 is 11.1 Å². The molecule has 0 fully saturated rings. The monoisotopic (exact) mass is 344 g/mol. The lowest BCUT2D eigenvalue weighted by atomic mass is 10.0. The summed E-state index contributed by atoms with van der Waals surface area (Å²) in [6.07, 6.45) is 1.61. The molecule has 0 unspecified atom stereocenters. The predicted octanol–water partition coefficient (Wildman–Crippen LogP) is 2.88. The lowest BCUT2D eigenvalue weighted by Crippen LogP contribution is -2.16. The maximum atomic E-state index is 14.5. The fourth-order valence-corrected chi connectivity index (χ4v) is 2.55. The topological polar surface area (TPSA) is 92.9 Å². The molecule has 0 saturated carbocycles. The van der Waals surface area contributed by atoms with Gasteiger partial charge in [-0.3, -0.25) is 14.3 Å². The number of carbonyl (C=O) groups is 1. The molecule has 2 N–H and O–H groups in total. The van der Waals surface area contributed by atoms with Crippen LogP contribution in [-0.2, 0) is 7.05 Å². The molecule has 1 amide bonds. The number of anilines is 1. The highest BCUT2D eigenvalue weighted by molar-refractivity contribution is 6.04. The number of carbonyl (C=O) groups excluding carboxylic acids is 1. The van der Waals surface area contributed by atoms with E-state index in [4.69, 9.17) is 0 Å². The number of aromatic nitrogens is 3. The van der Waals surface area contributed by atoms with Crippen molar-refractivity contribution in [3.05, 3.63) is 58.1 Å². The number of amides is 1. The van der Waals surface area contributed by atoms with Gasteiger partial charge in [-0.2, -0.15) is 0 Å². The molecule has 0 aliphatic carbocycles. The number of hydrogen-bond donors (Lipinski definition) is 2. The van der Waals surface area contributed by atoms with Crippen LogP contribution in [0.25, 0.3) is 11.4 Å². The maximum absolute atomic E-state index is 14.5. The van der Waals surface area contributed by atoms with Crippen LogP contribution in [0.1, 0.15) is 35.8 Å². The van der Waals surface area contributed by atoms with Gasteiger partial charge in [-0.1, -0.05) is 31.1 Å². The summed E-state index contributed by atoms with van der Waals surface area (Å²) in [5.74, 6) is -1.38. The molecule has 0 aliphatic heterocycles. The minimum Gasteiger partial charge on any atom is -0.346 e. The highest BCUT2D eigenvalue weighted by atomic mass is 19.1. The molecule has 3 aromatic rings. The van der Waals surface area contributed by atoms with E-state index >= 15 is 0 Å². The Hall–Kier alpha value is -3.16. The van der Waals surface area contributed by atoms with E-state index in [1.807, 2.05) is 13.8 Å².